The third-order valence-electron chi connectivity index (χ3n) is 2.71. The van der Waals surface area contributed by atoms with E-state index in [2.05, 4.69) is 0 Å². The second-order valence-electron chi connectivity index (χ2n) is 3.99. The maximum atomic E-state index is 9.85. The Hall–Kier alpha value is -1.96. The van der Waals surface area contributed by atoms with Gasteiger partial charge in [0.25, 0.3) is 0 Å². The average Bonchev–Trinajstić information content (AvgIpc) is 2.27. The fourth-order valence-electron chi connectivity index (χ4n) is 1.77. The summed E-state index contributed by atoms with van der Waals surface area (Å²) in [5.41, 5.74) is 3.72. The Labute approximate surface area is 94.8 Å². The molecule has 0 saturated carbocycles. The summed E-state index contributed by atoms with van der Waals surface area (Å²) in [5.74, 6) is -0.134. The Kier molecular flexibility index (Phi) is 2.57. The molecule has 2 N–H and O–H groups in total. The van der Waals surface area contributed by atoms with Crippen molar-refractivity contribution < 1.29 is 10.2 Å². The fourth-order valence-corrected chi connectivity index (χ4v) is 1.77. The zero-order chi connectivity index (χ0) is 11.7. The molecule has 0 aliphatic rings. The second-order valence-corrected chi connectivity index (χ2v) is 3.99. The van der Waals surface area contributed by atoms with Gasteiger partial charge in [-0.3, -0.25) is 0 Å². The minimum Gasteiger partial charge on any atom is -0.504 e. The summed E-state index contributed by atoms with van der Waals surface area (Å²) in [7, 11) is 0. The quantitative estimate of drug-likeness (QED) is 0.714. The van der Waals surface area contributed by atoms with E-state index in [4.69, 9.17) is 0 Å². The molecule has 0 unspecified atom stereocenters. The molecule has 0 aromatic heterocycles. The van der Waals surface area contributed by atoms with Crippen molar-refractivity contribution in [2.75, 3.05) is 0 Å². The predicted molar refractivity (Wildman–Crippen MR) is 64.7 cm³/mol. The first-order valence-corrected chi connectivity index (χ1v) is 5.18. The first-order chi connectivity index (χ1) is 7.59. The minimum atomic E-state index is -0.0822. The lowest BCUT2D eigenvalue weighted by molar-refractivity contribution is 0.405. The minimum absolute atomic E-state index is 0.0520. The molecule has 0 saturated heterocycles. The zero-order valence-electron chi connectivity index (χ0n) is 9.36. The molecule has 0 amide bonds. The zero-order valence-corrected chi connectivity index (χ0v) is 9.36. The number of aryl methyl sites for hydroxylation is 2. The van der Waals surface area contributed by atoms with Crippen LogP contribution in [0.15, 0.2) is 36.4 Å². The molecule has 0 radical (unpaired) electrons. The highest BCUT2D eigenvalue weighted by Crippen LogP contribution is 2.38. The van der Waals surface area contributed by atoms with Crippen LogP contribution >= 0.6 is 0 Å². The standard InChI is InChI=1S/C14H14O2/c1-9-3-6-11(7-4-9)13-10(2)5-8-12(15)14(13)16/h3-8,15-16H,1-2H3. The predicted octanol–water partition coefficient (Wildman–Crippen LogP) is 3.38. The Morgan fingerprint density at radius 3 is 2.06 bits per heavy atom. The summed E-state index contributed by atoms with van der Waals surface area (Å²) in [6.45, 7) is 3.92. The van der Waals surface area contributed by atoms with Gasteiger partial charge in [-0.1, -0.05) is 35.9 Å². The van der Waals surface area contributed by atoms with Gasteiger partial charge in [0.2, 0.25) is 0 Å². The Bertz CT molecular complexity index is 513. The summed E-state index contributed by atoms with van der Waals surface area (Å²) in [6, 6.07) is 11.1. The molecule has 2 aromatic rings. The highest BCUT2D eigenvalue weighted by atomic mass is 16.3. The van der Waals surface area contributed by atoms with Crippen LogP contribution in [0.2, 0.25) is 0 Å². The van der Waals surface area contributed by atoms with Crippen molar-refractivity contribution in [3.8, 4) is 22.6 Å². The first kappa shape index (κ1) is 10.6. The van der Waals surface area contributed by atoms with Crippen LogP contribution in [0.5, 0.6) is 11.5 Å². The van der Waals surface area contributed by atoms with E-state index in [1.54, 1.807) is 6.07 Å². The van der Waals surface area contributed by atoms with Crippen LogP contribution in [0.25, 0.3) is 11.1 Å². The van der Waals surface area contributed by atoms with E-state index in [9.17, 15) is 10.2 Å². The molecule has 0 fully saturated rings. The summed E-state index contributed by atoms with van der Waals surface area (Å²) in [5, 5.41) is 19.3. The molecule has 2 rings (SSSR count). The monoisotopic (exact) mass is 214 g/mol. The lowest BCUT2D eigenvalue weighted by Crippen LogP contribution is -1.85. The van der Waals surface area contributed by atoms with Crippen LogP contribution in [-0.2, 0) is 0 Å². The van der Waals surface area contributed by atoms with Gasteiger partial charge in [-0.2, -0.15) is 0 Å². The number of rotatable bonds is 1. The average molecular weight is 214 g/mol. The topological polar surface area (TPSA) is 40.5 Å². The van der Waals surface area contributed by atoms with Gasteiger partial charge in [0.1, 0.15) is 0 Å². The van der Waals surface area contributed by atoms with E-state index in [0.717, 1.165) is 11.1 Å². The number of phenolic OH excluding ortho intramolecular Hbond substituents is 2. The van der Waals surface area contributed by atoms with Crippen LogP contribution in [0.4, 0.5) is 0 Å². The van der Waals surface area contributed by atoms with Gasteiger partial charge in [-0.25, -0.2) is 0 Å². The number of hydrogen-bond acceptors (Lipinski definition) is 2. The molecule has 2 nitrogen and oxygen atoms in total. The normalized spacial score (nSPS) is 10.4. The van der Waals surface area contributed by atoms with Gasteiger partial charge < -0.3 is 10.2 Å². The van der Waals surface area contributed by atoms with Gasteiger partial charge in [-0.05, 0) is 31.0 Å². The largest absolute Gasteiger partial charge is 0.504 e. The second kappa shape index (κ2) is 3.89. The van der Waals surface area contributed by atoms with Crippen LogP contribution in [0.1, 0.15) is 11.1 Å². The summed E-state index contributed by atoms with van der Waals surface area (Å²) in [6.07, 6.45) is 0. The van der Waals surface area contributed by atoms with Crippen LogP contribution in [0.3, 0.4) is 0 Å². The lowest BCUT2D eigenvalue weighted by atomic mass is 9.98. The van der Waals surface area contributed by atoms with Crippen molar-refractivity contribution in [3.05, 3.63) is 47.5 Å². The highest BCUT2D eigenvalue weighted by molar-refractivity contribution is 5.76. The summed E-state index contributed by atoms with van der Waals surface area (Å²) < 4.78 is 0. The highest BCUT2D eigenvalue weighted by Gasteiger charge is 2.11. The maximum Gasteiger partial charge on any atom is 0.165 e. The Morgan fingerprint density at radius 1 is 0.812 bits per heavy atom. The van der Waals surface area contributed by atoms with E-state index in [1.807, 2.05) is 38.1 Å². The van der Waals surface area contributed by atoms with Crippen molar-refractivity contribution in [2.45, 2.75) is 13.8 Å². The summed E-state index contributed by atoms with van der Waals surface area (Å²) >= 11 is 0. The third kappa shape index (κ3) is 1.74. The van der Waals surface area contributed by atoms with E-state index in [0.29, 0.717) is 5.56 Å². The smallest absolute Gasteiger partial charge is 0.165 e. The molecular formula is C14H14O2. The molecule has 0 aliphatic carbocycles. The molecule has 0 spiro atoms. The van der Waals surface area contributed by atoms with Crippen LogP contribution < -0.4 is 0 Å². The van der Waals surface area contributed by atoms with E-state index < -0.39 is 0 Å². The molecule has 0 heterocycles. The number of phenols is 2. The number of aromatic hydroxyl groups is 2. The molecule has 2 heteroatoms. The Balaban J connectivity index is 2.63. The first-order valence-electron chi connectivity index (χ1n) is 5.18. The third-order valence-corrected chi connectivity index (χ3v) is 2.71. The molecule has 82 valence electrons. The van der Waals surface area contributed by atoms with Crippen molar-refractivity contribution in [3.63, 3.8) is 0 Å². The van der Waals surface area contributed by atoms with Crippen molar-refractivity contribution in [1.82, 2.24) is 0 Å². The molecule has 0 bridgehead atoms. The SMILES string of the molecule is Cc1ccc(-c2c(C)ccc(O)c2O)cc1. The maximum absolute atomic E-state index is 9.85. The van der Waals surface area contributed by atoms with Crippen molar-refractivity contribution in [1.29, 1.82) is 0 Å². The van der Waals surface area contributed by atoms with E-state index >= 15 is 0 Å². The van der Waals surface area contributed by atoms with Crippen LogP contribution in [-0.4, -0.2) is 10.2 Å². The van der Waals surface area contributed by atoms with Gasteiger partial charge in [-0.15, -0.1) is 0 Å². The molecule has 0 atom stereocenters. The van der Waals surface area contributed by atoms with Crippen molar-refractivity contribution >= 4 is 0 Å². The van der Waals surface area contributed by atoms with Gasteiger partial charge in [0.15, 0.2) is 11.5 Å². The van der Waals surface area contributed by atoms with Gasteiger partial charge >= 0.3 is 0 Å². The number of hydrogen-bond donors (Lipinski definition) is 2. The lowest BCUT2D eigenvalue weighted by Gasteiger charge is -2.10. The van der Waals surface area contributed by atoms with Crippen LogP contribution in [0, 0.1) is 13.8 Å². The molecule has 16 heavy (non-hydrogen) atoms. The fraction of sp³-hybridized carbons (Fsp3) is 0.143. The molecular weight excluding hydrogens is 200 g/mol. The molecule has 2 aromatic carbocycles. The number of benzene rings is 2. The Morgan fingerprint density at radius 2 is 1.44 bits per heavy atom. The van der Waals surface area contributed by atoms with E-state index in [1.165, 1.54) is 11.6 Å². The summed E-state index contributed by atoms with van der Waals surface area (Å²) in [4.78, 5) is 0. The van der Waals surface area contributed by atoms with Gasteiger partial charge in [0, 0.05) is 5.56 Å². The van der Waals surface area contributed by atoms with Crippen molar-refractivity contribution in [2.24, 2.45) is 0 Å². The van der Waals surface area contributed by atoms with Gasteiger partial charge in [0.05, 0.1) is 0 Å². The molecule has 0 aliphatic heterocycles. The van der Waals surface area contributed by atoms with E-state index in [-0.39, 0.29) is 11.5 Å².